The van der Waals surface area contributed by atoms with E-state index >= 15 is 0 Å². The molecule has 0 unspecified atom stereocenters. The Hall–Kier alpha value is -1.05. The molecular weight excluding hydrogens is 128 g/mol. The summed E-state index contributed by atoms with van der Waals surface area (Å²) in [5, 5.41) is 0. The lowest BCUT2D eigenvalue weighted by atomic mass is 10.3. The summed E-state index contributed by atoms with van der Waals surface area (Å²) in [5.41, 5.74) is 0. The molecule has 0 aliphatic carbocycles. The first-order valence-electron chi connectivity index (χ1n) is 3.37. The fourth-order valence-corrected chi connectivity index (χ4v) is 0.717. The van der Waals surface area contributed by atoms with Gasteiger partial charge in [-0.05, 0) is 6.42 Å². The van der Waals surface area contributed by atoms with Gasteiger partial charge in [-0.15, -0.1) is 0 Å². The highest BCUT2D eigenvalue weighted by Crippen LogP contribution is 1.95. The van der Waals surface area contributed by atoms with Gasteiger partial charge in [-0.25, -0.2) is 0 Å². The molecule has 0 amide bonds. The van der Waals surface area contributed by atoms with Crippen LogP contribution in [0.25, 0.3) is 0 Å². The number of allylic oxidation sites excluding steroid dienone is 2. The van der Waals surface area contributed by atoms with Crippen LogP contribution in [0.5, 0.6) is 0 Å². The van der Waals surface area contributed by atoms with Gasteiger partial charge in [0.2, 0.25) is 0 Å². The van der Waals surface area contributed by atoms with E-state index in [9.17, 15) is 4.79 Å². The van der Waals surface area contributed by atoms with Crippen LogP contribution in [0.3, 0.4) is 0 Å². The molecule has 0 saturated carbocycles. The number of rotatable bonds is 0. The van der Waals surface area contributed by atoms with Crippen LogP contribution in [0.1, 0.15) is 12.8 Å². The molecule has 2 nitrogen and oxygen atoms in total. The predicted molar refractivity (Wildman–Crippen MR) is 38.5 cm³/mol. The largest absolute Gasteiger partial charge is 0.465 e. The number of esters is 1. The van der Waals surface area contributed by atoms with Gasteiger partial charge in [-0.3, -0.25) is 4.79 Å². The molecule has 1 aliphatic heterocycles. The fraction of sp³-hybridized carbons (Fsp3) is 0.375. The van der Waals surface area contributed by atoms with Crippen molar-refractivity contribution in [3.05, 3.63) is 24.3 Å². The summed E-state index contributed by atoms with van der Waals surface area (Å²) in [7, 11) is 0. The first-order valence-corrected chi connectivity index (χ1v) is 3.37. The Morgan fingerprint density at radius 3 is 3.00 bits per heavy atom. The summed E-state index contributed by atoms with van der Waals surface area (Å²) in [5.74, 6) is -0.139. The average Bonchev–Trinajstić information content (AvgIpc) is 2.02. The maximum absolute atomic E-state index is 10.7. The van der Waals surface area contributed by atoms with E-state index in [4.69, 9.17) is 4.74 Å². The monoisotopic (exact) mass is 138 g/mol. The Labute approximate surface area is 60.2 Å². The number of cyclic esters (lactones) is 1. The molecule has 0 spiro atoms. The van der Waals surface area contributed by atoms with Gasteiger partial charge in [-0.2, -0.15) is 0 Å². The molecule has 0 aromatic carbocycles. The molecule has 0 saturated heterocycles. The molecule has 0 aromatic heterocycles. The molecule has 0 aromatic rings. The molecule has 1 aliphatic rings. The third-order valence-electron chi connectivity index (χ3n) is 1.22. The van der Waals surface area contributed by atoms with E-state index in [-0.39, 0.29) is 5.97 Å². The molecule has 0 N–H and O–H groups in total. The van der Waals surface area contributed by atoms with Crippen molar-refractivity contribution in [3.8, 4) is 0 Å². The number of carbonyl (C=O) groups excluding carboxylic acids is 1. The Kier molecular flexibility index (Phi) is 2.74. The summed E-state index contributed by atoms with van der Waals surface area (Å²) in [4.78, 5) is 10.7. The summed E-state index contributed by atoms with van der Waals surface area (Å²) < 4.78 is 4.82. The zero-order chi connectivity index (χ0) is 7.23. The van der Waals surface area contributed by atoms with Crippen molar-refractivity contribution in [1.82, 2.24) is 0 Å². The number of ether oxygens (including phenoxy) is 1. The van der Waals surface area contributed by atoms with Crippen molar-refractivity contribution in [2.75, 3.05) is 6.61 Å². The predicted octanol–water partition coefficient (Wildman–Crippen LogP) is 1.44. The SMILES string of the molecule is O=C1C/C=C\C=C/CCO1. The van der Waals surface area contributed by atoms with E-state index in [2.05, 4.69) is 0 Å². The van der Waals surface area contributed by atoms with Gasteiger partial charge in [0.1, 0.15) is 0 Å². The lowest BCUT2D eigenvalue weighted by Crippen LogP contribution is -2.02. The molecular formula is C8H10O2. The van der Waals surface area contributed by atoms with Crippen LogP contribution in [-0.4, -0.2) is 12.6 Å². The van der Waals surface area contributed by atoms with Crippen LogP contribution in [0.4, 0.5) is 0 Å². The zero-order valence-corrected chi connectivity index (χ0v) is 5.75. The number of carbonyl (C=O) groups is 1. The maximum atomic E-state index is 10.7. The van der Waals surface area contributed by atoms with Crippen LogP contribution >= 0.6 is 0 Å². The van der Waals surface area contributed by atoms with Crippen molar-refractivity contribution in [3.63, 3.8) is 0 Å². The summed E-state index contributed by atoms with van der Waals surface area (Å²) in [6.07, 6.45) is 8.79. The van der Waals surface area contributed by atoms with E-state index in [1.165, 1.54) is 0 Å². The molecule has 0 bridgehead atoms. The minimum Gasteiger partial charge on any atom is -0.465 e. The van der Waals surface area contributed by atoms with Crippen molar-refractivity contribution in [2.24, 2.45) is 0 Å². The van der Waals surface area contributed by atoms with Crippen LogP contribution in [0.15, 0.2) is 24.3 Å². The molecule has 54 valence electrons. The summed E-state index contributed by atoms with van der Waals surface area (Å²) in [6, 6.07) is 0. The number of hydrogen-bond acceptors (Lipinski definition) is 2. The van der Waals surface area contributed by atoms with Crippen LogP contribution < -0.4 is 0 Å². The minimum atomic E-state index is -0.139. The fourth-order valence-electron chi connectivity index (χ4n) is 0.717. The van der Waals surface area contributed by atoms with E-state index < -0.39 is 0 Å². The van der Waals surface area contributed by atoms with Crippen molar-refractivity contribution in [1.29, 1.82) is 0 Å². The highest BCUT2D eigenvalue weighted by molar-refractivity contribution is 5.71. The van der Waals surface area contributed by atoms with E-state index in [1.807, 2.05) is 18.2 Å². The first kappa shape index (κ1) is 7.06. The van der Waals surface area contributed by atoms with Crippen molar-refractivity contribution < 1.29 is 9.53 Å². The standard InChI is InChI=1S/C8H10O2/c9-8-6-4-2-1-3-5-7-10-8/h1-4H,5-7H2/b3-1-,4-2-. The van der Waals surface area contributed by atoms with E-state index in [0.717, 1.165) is 6.42 Å². The summed E-state index contributed by atoms with van der Waals surface area (Å²) >= 11 is 0. The smallest absolute Gasteiger partial charge is 0.309 e. The molecule has 1 rings (SSSR count). The Morgan fingerprint density at radius 1 is 1.30 bits per heavy atom. The Bertz CT molecular complexity index is 168. The highest BCUT2D eigenvalue weighted by atomic mass is 16.5. The van der Waals surface area contributed by atoms with Gasteiger partial charge in [0.15, 0.2) is 0 Å². The van der Waals surface area contributed by atoms with E-state index in [1.54, 1.807) is 6.08 Å². The Balaban J connectivity index is 2.44. The van der Waals surface area contributed by atoms with Gasteiger partial charge in [0.25, 0.3) is 0 Å². The van der Waals surface area contributed by atoms with E-state index in [0.29, 0.717) is 13.0 Å². The summed E-state index contributed by atoms with van der Waals surface area (Å²) in [6.45, 7) is 0.511. The van der Waals surface area contributed by atoms with Crippen molar-refractivity contribution >= 4 is 5.97 Å². The topological polar surface area (TPSA) is 26.3 Å². The zero-order valence-electron chi connectivity index (χ0n) is 5.75. The van der Waals surface area contributed by atoms with Crippen LogP contribution in [-0.2, 0) is 9.53 Å². The van der Waals surface area contributed by atoms with Gasteiger partial charge in [0, 0.05) is 0 Å². The molecule has 10 heavy (non-hydrogen) atoms. The molecule has 1 heterocycles. The maximum Gasteiger partial charge on any atom is 0.309 e. The second-order valence-electron chi connectivity index (χ2n) is 2.07. The average molecular weight is 138 g/mol. The minimum absolute atomic E-state index is 0.139. The lowest BCUT2D eigenvalue weighted by Gasteiger charge is -1.97. The molecule has 0 fully saturated rings. The second-order valence-corrected chi connectivity index (χ2v) is 2.07. The van der Waals surface area contributed by atoms with Gasteiger partial charge < -0.3 is 4.74 Å². The normalized spacial score (nSPS) is 25.4. The van der Waals surface area contributed by atoms with Crippen LogP contribution in [0.2, 0.25) is 0 Å². The molecule has 2 heteroatoms. The first-order chi connectivity index (χ1) is 4.89. The molecule has 0 atom stereocenters. The number of hydrogen-bond donors (Lipinski definition) is 0. The quantitative estimate of drug-likeness (QED) is 0.473. The van der Waals surface area contributed by atoms with Crippen molar-refractivity contribution in [2.45, 2.75) is 12.8 Å². The third-order valence-corrected chi connectivity index (χ3v) is 1.22. The second kappa shape index (κ2) is 3.88. The van der Waals surface area contributed by atoms with Gasteiger partial charge >= 0.3 is 5.97 Å². The lowest BCUT2D eigenvalue weighted by molar-refractivity contribution is -0.142. The van der Waals surface area contributed by atoms with Crippen LogP contribution in [0, 0.1) is 0 Å². The third kappa shape index (κ3) is 2.49. The van der Waals surface area contributed by atoms with Gasteiger partial charge in [-0.1, -0.05) is 24.3 Å². The van der Waals surface area contributed by atoms with Gasteiger partial charge in [0.05, 0.1) is 13.0 Å². The molecule has 0 radical (unpaired) electrons. The highest BCUT2D eigenvalue weighted by Gasteiger charge is 1.97. The Morgan fingerprint density at radius 2 is 2.10 bits per heavy atom.